The Labute approximate surface area is 134 Å². The second-order valence-electron chi connectivity index (χ2n) is 4.67. The lowest BCUT2D eigenvalue weighted by atomic mass is 10.2. The number of rotatable bonds is 6. The van der Waals surface area contributed by atoms with Crippen molar-refractivity contribution in [1.29, 1.82) is 0 Å². The predicted molar refractivity (Wildman–Crippen MR) is 91.4 cm³/mol. The van der Waals surface area contributed by atoms with E-state index >= 15 is 0 Å². The molecule has 0 unspecified atom stereocenters. The number of guanidine groups is 1. The standard InChI is InChI=1S/C16H21BrN4/c1-2-18-16(19-9-12-21-10-3-4-11-21)20-13-14-5-7-15(17)8-6-14/h3-8,10-11H,2,9,12-13H2,1H3,(H2,18,19,20). The van der Waals surface area contributed by atoms with E-state index in [0.29, 0.717) is 6.54 Å². The number of benzene rings is 1. The molecule has 0 saturated heterocycles. The molecule has 0 amide bonds. The van der Waals surface area contributed by atoms with E-state index < -0.39 is 0 Å². The van der Waals surface area contributed by atoms with Crippen LogP contribution in [0.15, 0.2) is 58.3 Å². The van der Waals surface area contributed by atoms with Crippen molar-refractivity contribution in [3.8, 4) is 0 Å². The maximum atomic E-state index is 4.60. The summed E-state index contributed by atoms with van der Waals surface area (Å²) in [6.07, 6.45) is 4.13. The molecule has 21 heavy (non-hydrogen) atoms. The van der Waals surface area contributed by atoms with E-state index in [2.05, 4.69) is 67.6 Å². The highest BCUT2D eigenvalue weighted by Gasteiger charge is 1.98. The Morgan fingerprint density at radius 3 is 2.52 bits per heavy atom. The molecule has 2 N–H and O–H groups in total. The number of hydrogen-bond donors (Lipinski definition) is 2. The Bertz CT molecular complexity index is 546. The van der Waals surface area contributed by atoms with Crippen LogP contribution >= 0.6 is 15.9 Å². The Morgan fingerprint density at radius 1 is 1.14 bits per heavy atom. The quantitative estimate of drug-likeness (QED) is 0.622. The molecule has 0 spiro atoms. The first-order chi connectivity index (χ1) is 10.3. The third-order valence-corrected chi connectivity index (χ3v) is 3.53. The molecule has 0 aliphatic heterocycles. The third-order valence-electron chi connectivity index (χ3n) is 3.01. The summed E-state index contributed by atoms with van der Waals surface area (Å²) < 4.78 is 3.23. The number of hydrogen-bond acceptors (Lipinski definition) is 1. The number of halogens is 1. The van der Waals surface area contributed by atoms with E-state index in [0.717, 1.165) is 30.1 Å². The van der Waals surface area contributed by atoms with E-state index in [1.165, 1.54) is 5.56 Å². The highest BCUT2D eigenvalue weighted by Crippen LogP contribution is 2.10. The Morgan fingerprint density at radius 2 is 1.86 bits per heavy atom. The average molecular weight is 349 g/mol. The normalized spacial score (nSPS) is 11.4. The highest BCUT2D eigenvalue weighted by atomic mass is 79.9. The zero-order valence-electron chi connectivity index (χ0n) is 12.2. The SMILES string of the molecule is CCNC(=NCc1ccc(Br)cc1)NCCn1cccc1. The van der Waals surface area contributed by atoms with Gasteiger partial charge in [0.2, 0.25) is 0 Å². The number of nitrogens with zero attached hydrogens (tertiary/aromatic N) is 2. The van der Waals surface area contributed by atoms with E-state index in [9.17, 15) is 0 Å². The van der Waals surface area contributed by atoms with Gasteiger partial charge in [-0.25, -0.2) is 4.99 Å². The highest BCUT2D eigenvalue weighted by molar-refractivity contribution is 9.10. The van der Waals surface area contributed by atoms with Crippen LogP contribution in [0.5, 0.6) is 0 Å². The number of aromatic nitrogens is 1. The molecular formula is C16H21BrN4. The average Bonchev–Trinajstić information content (AvgIpc) is 3.00. The summed E-state index contributed by atoms with van der Waals surface area (Å²) in [4.78, 5) is 4.60. The number of aliphatic imine (C=N–C) groups is 1. The van der Waals surface area contributed by atoms with Crippen molar-refractivity contribution in [2.45, 2.75) is 20.0 Å². The molecule has 2 aromatic rings. The second-order valence-corrected chi connectivity index (χ2v) is 5.58. The second kappa shape index (κ2) is 8.52. The lowest BCUT2D eigenvalue weighted by Gasteiger charge is -2.11. The minimum absolute atomic E-state index is 0.673. The third kappa shape index (κ3) is 5.63. The van der Waals surface area contributed by atoms with Gasteiger partial charge in [-0.3, -0.25) is 0 Å². The summed E-state index contributed by atoms with van der Waals surface area (Å²) in [7, 11) is 0. The molecule has 0 aliphatic rings. The van der Waals surface area contributed by atoms with Crippen molar-refractivity contribution in [2.75, 3.05) is 13.1 Å². The fourth-order valence-corrected chi connectivity index (χ4v) is 2.19. The Balaban J connectivity index is 1.84. The summed E-state index contributed by atoms with van der Waals surface area (Å²) >= 11 is 3.44. The molecule has 0 bridgehead atoms. The van der Waals surface area contributed by atoms with Gasteiger partial charge in [-0.15, -0.1) is 0 Å². The van der Waals surface area contributed by atoms with E-state index in [4.69, 9.17) is 0 Å². The van der Waals surface area contributed by atoms with Gasteiger partial charge in [0.15, 0.2) is 5.96 Å². The first kappa shape index (κ1) is 15.6. The molecule has 1 aromatic heterocycles. The smallest absolute Gasteiger partial charge is 0.191 e. The van der Waals surface area contributed by atoms with Crippen molar-refractivity contribution >= 4 is 21.9 Å². The van der Waals surface area contributed by atoms with Gasteiger partial charge >= 0.3 is 0 Å². The monoisotopic (exact) mass is 348 g/mol. The van der Waals surface area contributed by atoms with Crippen molar-refractivity contribution < 1.29 is 0 Å². The molecule has 1 heterocycles. The van der Waals surface area contributed by atoms with Crippen LogP contribution in [-0.2, 0) is 13.1 Å². The van der Waals surface area contributed by atoms with E-state index in [1.807, 2.05) is 24.3 Å². The minimum atomic E-state index is 0.673. The zero-order valence-corrected chi connectivity index (χ0v) is 13.8. The summed E-state index contributed by atoms with van der Waals surface area (Å²) in [5.74, 6) is 0.854. The Kier molecular flexibility index (Phi) is 6.34. The van der Waals surface area contributed by atoms with Crippen molar-refractivity contribution in [2.24, 2.45) is 4.99 Å². The van der Waals surface area contributed by atoms with Crippen molar-refractivity contribution in [3.63, 3.8) is 0 Å². The topological polar surface area (TPSA) is 41.4 Å². The molecule has 0 radical (unpaired) electrons. The first-order valence-corrected chi connectivity index (χ1v) is 7.94. The lowest BCUT2D eigenvalue weighted by molar-refractivity contribution is 0.666. The maximum absolute atomic E-state index is 4.60. The van der Waals surface area contributed by atoms with Crippen LogP contribution in [0.3, 0.4) is 0 Å². The summed E-state index contributed by atoms with van der Waals surface area (Å²) in [5, 5.41) is 6.61. The molecule has 0 aliphatic carbocycles. The maximum Gasteiger partial charge on any atom is 0.191 e. The van der Waals surface area contributed by atoms with Crippen LogP contribution in [0.25, 0.3) is 0 Å². The molecule has 112 valence electrons. The summed E-state index contributed by atoms with van der Waals surface area (Å²) in [6, 6.07) is 12.3. The van der Waals surface area contributed by atoms with Crippen molar-refractivity contribution in [3.05, 3.63) is 58.8 Å². The van der Waals surface area contributed by atoms with Crippen LogP contribution in [0.4, 0.5) is 0 Å². The largest absolute Gasteiger partial charge is 0.357 e. The molecule has 1 aromatic carbocycles. The van der Waals surface area contributed by atoms with Gasteiger partial charge < -0.3 is 15.2 Å². The molecule has 0 saturated carbocycles. The fourth-order valence-electron chi connectivity index (χ4n) is 1.92. The molecular weight excluding hydrogens is 328 g/mol. The zero-order chi connectivity index (χ0) is 14.9. The summed E-state index contributed by atoms with van der Waals surface area (Å²) in [6.45, 7) is 5.38. The predicted octanol–water partition coefficient (Wildman–Crippen LogP) is 3.01. The van der Waals surface area contributed by atoms with Gasteiger partial charge in [-0.05, 0) is 36.8 Å². The minimum Gasteiger partial charge on any atom is -0.357 e. The van der Waals surface area contributed by atoms with Gasteiger partial charge in [0.1, 0.15) is 0 Å². The van der Waals surface area contributed by atoms with Gasteiger partial charge in [0.25, 0.3) is 0 Å². The molecule has 0 atom stereocenters. The van der Waals surface area contributed by atoms with Gasteiger partial charge in [0, 0.05) is 36.5 Å². The van der Waals surface area contributed by atoms with Crippen LogP contribution in [0, 0.1) is 0 Å². The van der Waals surface area contributed by atoms with E-state index in [-0.39, 0.29) is 0 Å². The number of nitrogens with one attached hydrogen (secondary N) is 2. The van der Waals surface area contributed by atoms with Crippen LogP contribution in [0.1, 0.15) is 12.5 Å². The van der Waals surface area contributed by atoms with Gasteiger partial charge in [-0.2, -0.15) is 0 Å². The molecule has 5 heteroatoms. The molecule has 0 fully saturated rings. The van der Waals surface area contributed by atoms with Crippen LogP contribution < -0.4 is 10.6 Å². The fraction of sp³-hybridized carbons (Fsp3) is 0.312. The van der Waals surface area contributed by atoms with Crippen LogP contribution in [-0.4, -0.2) is 23.6 Å². The Hall–Kier alpha value is -1.75. The van der Waals surface area contributed by atoms with Gasteiger partial charge in [0.05, 0.1) is 6.54 Å². The van der Waals surface area contributed by atoms with Crippen LogP contribution in [0.2, 0.25) is 0 Å². The summed E-state index contributed by atoms with van der Waals surface area (Å²) in [5.41, 5.74) is 1.20. The first-order valence-electron chi connectivity index (χ1n) is 7.15. The molecule has 2 rings (SSSR count). The molecule has 4 nitrogen and oxygen atoms in total. The van der Waals surface area contributed by atoms with E-state index in [1.54, 1.807) is 0 Å². The van der Waals surface area contributed by atoms with Crippen molar-refractivity contribution in [1.82, 2.24) is 15.2 Å². The lowest BCUT2D eigenvalue weighted by Crippen LogP contribution is -2.38. The van der Waals surface area contributed by atoms with Gasteiger partial charge in [-0.1, -0.05) is 28.1 Å².